The molecule has 0 saturated carbocycles. The second kappa shape index (κ2) is 7.13. The normalized spacial score (nSPS) is 11.3. The Balaban J connectivity index is 2.42. The van der Waals surface area contributed by atoms with Gasteiger partial charge in [-0.15, -0.1) is 12.3 Å². The van der Waals surface area contributed by atoms with Gasteiger partial charge in [-0.25, -0.2) is 4.79 Å². The molecular weight excluding hydrogens is 230 g/mol. The van der Waals surface area contributed by atoms with Crippen molar-refractivity contribution in [3.05, 3.63) is 35.9 Å². The largest absolute Gasteiger partial charge is 0.480 e. The minimum absolute atomic E-state index is 0.00753. The zero-order chi connectivity index (χ0) is 13.4. The minimum atomic E-state index is -1.11. The molecule has 0 aromatic heterocycles. The third-order valence-electron chi connectivity index (χ3n) is 2.44. The minimum Gasteiger partial charge on any atom is -0.480 e. The molecule has 1 atom stereocenters. The van der Waals surface area contributed by atoms with Crippen LogP contribution in [0.2, 0.25) is 0 Å². The van der Waals surface area contributed by atoms with Gasteiger partial charge in [0.15, 0.2) is 0 Å². The third kappa shape index (κ3) is 4.71. The first-order chi connectivity index (χ1) is 8.63. The van der Waals surface area contributed by atoms with Crippen LogP contribution in [0.1, 0.15) is 18.4 Å². The first-order valence-corrected chi connectivity index (χ1v) is 5.63. The van der Waals surface area contributed by atoms with Gasteiger partial charge in [-0.3, -0.25) is 4.79 Å². The molecule has 2 N–H and O–H groups in total. The number of carbonyl (C=O) groups excluding carboxylic acids is 1. The number of aryl methyl sites for hydroxylation is 1. The fourth-order valence-electron chi connectivity index (χ4n) is 1.49. The second-order valence-corrected chi connectivity index (χ2v) is 3.85. The smallest absolute Gasteiger partial charge is 0.327 e. The summed E-state index contributed by atoms with van der Waals surface area (Å²) in [6.07, 6.45) is 5.86. The summed E-state index contributed by atoms with van der Waals surface area (Å²) in [5, 5.41) is 11.2. The van der Waals surface area contributed by atoms with Gasteiger partial charge in [-0.1, -0.05) is 30.3 Å². The van der Waals surface area contributed by atoms with E-state index < -0.39 is 12.0 Å². The molecule has 1 unspecified atom stereocenters. The molecule has 0 aliphatic rings. The van der Waals surface area contributed by atoms with Gasteiger partial charge in [0.1, 0.15) is 6.04 Å². The van der Waals surface area contributed by atoms with Gasteiger partial charge in [0, 0.05) is 12.8 Å². The number of carboxylic acid groups (broad SMARTS) is 1. The molecule has 1 rings (SSSR count). The van der Waals surface area contributed by atoms with E-state index in [2.05, 4.69) is 11.2 Å². The van der Waals surface area contributed by atoms with Crippen LogP contribution in [0.5, 0.6) is 0 Å². The highest BCUT2D eigenvalue weighted by Gasteiger charge is 2.18. The van der Waals surface area contributed by atoms with Crippen molar-refractivity contribution in [1.82, 2.24) is 5.32 Å². The summed E-state index contributed by atoms with van der Waals surface area (Å²) >= 11 is 0. The number of terminal acetylenes is 1. The molecule has 0 bridgehead atoms. The Morgan fingerprint density at radius 1 is 1.33 bits per heavy atom. The lowest BCUT2D eigenvalue weighted by molar-refractivity contribution is -0.141. The summed E-state index contributed by atoms with van der Waals surface area (Å²) in [5.74, 6) is 0.818. The molecule has 0 fully saturated rings. The molecule has 94 valence electrons. The van der Waals surface area contributed by atoms with Crippen LogP contribution >= 0.6 is 0 Å². The highest BCUT2D eigenvalue weighted by molar-refractivity contribution is 5.83. The molecule has 0 aliphatic carbocycles. The highest BCUT2D eigenvalue weighted by atomic mass is 16.4. The maximum atomic E-state index is 11.6. The molecule has 0 radical (unpaired) electrons. The lowest BCUT2D eigenvalue weighted by atomic mass is 10.1. The maximum Gasteiger partial charge on any atom is 0.327 e. The zero-order valence-corrected chi connectivity index (χ0v) is 9.93. The molecule has 1 aromatic rings. The van der Waals surface area contributed by atoms with E-state index in [-0.39, 0.29) is 18.7 Å². The molecule has 1 amide bonds. The number of hydrogen-bond donors (Lipinski definition) is 2. The fraction of sp³-hybridized carbons (Fsp3) is 0.286. The van der Waals surface area contributed by atoms with E-state index in [1.807, 2.05) is 30.3 Å². The molecule has 0 aliphatic heterocycles. The van der Waals surface area contributed by atoms with Crippen LogP contribution in [0.15, 0.2) is 30.3 Å². The lowest BCUT2D eigenvalue weighted by Gasteiger charge is -2.11. The summed E-state index contributed by atoms with van der Waals surface area (Å²) in [6, 6.07) is 8.53. The van der Waals surface area contributed by atoms with Gasteiger partial charge in [-0.2, -0.15) is 0 Å². The zero-order valence-electron chi connectivity index (χ0n) is 9.93. The van der Waals surface area contributed by atoms with Crippen molar-refractivity contribution >= 4 is 11.9 Å². The van der Waals surface area contributed by atoms with Crippen LogP contribution in [0.3, 0.4) is 0 Å². The van der Waals surface area contributed by atoms with Crippen LogP contribution in [-0.2, 0) is 16.0 Å². The van der Waals surface area contributed by atoms with Crippen molar-refractivity contribution in [3.8, 4) is 12.3 Å². The van der Waals surface area contributed by atoms with Crippen LogP contribution < -0.4 is 5.32 Å². The number of carboxylic acids is 1. The van der Waals surface area contributed by atoms with E-state index in [9.17, 15) is 9.59 Å². The number of carbonyl (C=O) groups is 2. The average Bonchev–Trinajstić information content (AvgIpc) is 2.37. The predicted molar refractivity (Wildman–Crippen MR) is 67.8 cm³/mol. The highest BCUT2D eigenvalue weighted by Crippen LogP contribution is 2.02. The van der Waals surface area contributed by atoms with Crippen molar-refractivity contribution in [2.24, 2.45) is 0 Å². The SMILES string of the molecule is C#CCC(NC(=O)CCc1ccccc1)C(=O)O. The van der Waals surface area contributed by atoms with Crippen LogP contribution in [-0.4, -0.2) is 23.0 Å². The number of rotatable bonds is 6. The van der Waals surface area contributed by atoms with Crippen molar-refractivity contribution in [2.45, 2.75) is 25.3 Å². The number of benzene rings is 1. The van der Waals surface area contributed by atoms with Crippen molar-refractivity contribution < 1.29 is 14.7 Å². The lowest BCUT2D eigenvalue weighted by Crippen LogP contribution is -2.40. The standard InChI is InChI=1S/C14H15NO3/c1-2-6-12(14(17)18)15-13(16)10-9-11-7-4-3-5-8-11/h1,3-5,7-8,12H,6,9-10H2,(H,15,16)(H,17,18). The Morgan fingerprint density at radius 2 is 2.00 bits per heavy atom. The summed E-state index contributed by atoms with van der Waals surface area (Å²) in [5.41, 5.74) is 1.04. The predicted octanol–water partition coefficient (Wildman–Crippen LogP) is 1.21. The molecule has 0 spiro atoms. The van der Waals surface area contributed by atoms with Crippen molar-refractivity contribution in [3.63, 3.8) is 0 Å². The summed E-state index contributed by atoms with van der Waals surface area (Å²) in [4.78, 5) is 22.4. The number of amides is 1. The van der Waals surface area contributed by atoms with Gasteiger partial charge in [0.05, 0.1) is 0 Å². The molecule has 4 nitrogen and oxygen atoms in total. The van der Waals surface area contributed by atoms with E-state index in [0.29, 0.717) is 6.42 Å². The molecule has 0 heterocycles. The number of hydrogen-bond acceptors (Lipinski definition) is 2. The van der Waals surface area contributed by atoms with Gasteiger partial charge < -0.3 is 10.4 Å². The maximum absolute atomic E-state index is 11.6. The average molecular weight is 245 g/mol. The Labute approximate surface area is 106 Å². The molecule has 4 heteroatoms. The number of nitrogens with one attached hydrogen (secondary N) is 1. The van der Waals surface area contributed by atoms with E-state index in [4.69, 9.17) is 11.5 Å². The molecule has 1 aromatic carbocycles. The summed E-state index contributed by atoms with van der Waals surface area (Å²) in [6.45, 7) is 0. The van der Waals surface area contributed by atoms with E-state index in [1.54, 1.807) is 0 Å². The number of aliphatic carboxylic acids is 1. The van der Waals surface area contributed by atoms with Crippen molar-refractivity contribution in [1.29, 1.82) is 0 Å². The second-order valence-electron chi connectivity index (χ2n) is 3.85. The van der Waals surface area contributed by atoms with Gasteiger partial charge in [0.2, 0.25) is 5.91 Å². The topological polar surface area (TPSA) is 66.4 Å². The molecule has 18 heavy (non-hydrogen) atoms. The Bertz CT molecular complexity index is 448. The Morgan fingerprint density at radius 3 is 2.56 bits per heavy atom. The van der Waals surface area contributed by atoms with E-state index in [1.165, 1.54) is 0 Å². The summed E-state index contributed by atoms with van der Waals surface area (Å²) < 4.78 is 0. The Kier molecular flexibility index (Phi) is 5.46. The Hall–Kier alpha value is -2.28. The van der Waals surface area contributed by atoms with Gasteiger partial charge in [0.25, 0.3) is 0 Å². The van der Waals surface area contributed by atoms with Crippen LogP contribution in [0.25, 0.3) is 0 Å². The molecule has 0 saturated heterocycles. The van der Waals surface area contributed by atoms with Crippen LogP contribution in [0.4, 0.5) is 0 Å². The van der Waals surface area contributed by atoms with E-state index in [0.717, 1.165) is 5.56 Å². The van der Waals surface area contributed by atoms with Gasteiger partial charge in [-0.05, 0) is 12.0 Å². The van der Waals surface area contributed by atoms with Gasteiger partial charge >= 0.3 is 5.97 Å². The molecular formula is C14H15NO3. The first-order valence-electron chi connectivity index (χ1n) is 5.63. The fourth-order valence-corrected chi connectivity index (χ4v) is 1.49. The van der Waals surface area contributed by atoms with Crippen LogP contribution in [0, 0.1) is 12.3 Å². The van der Waals surface area contributed by atoms with E-state index >= 15 is 0 Å². The quantitative estimate of drug-likeness (QED) is 0.740. The first kappa shape index (κ1) is 13.8. The monoisotopic (exact) mass is 245 g/mol. The summed E-state index contributed by atoms with van der Waals surface area (Å²) in [7, 11) is 0. The van der Waals surface area contributed by atoms with Crippen molar-refractivity contribution in [2.75, 3.05) is 0 Å². The third-order valence-corrected chi connectivity index (χ3v) is 2.44.